The van der Waals surface area contributed by atoms with Gasteiger partial charge >= 0.3 is 0 Å². The summed E-state index contributed by atoms with van der Waals surface area (Å²) < 4.78 is 26.5. The van der Waals surface area contributed by atoms with Crippen LogP contribution in [-0.4, -0.2) is 33.3 Å². The van der Waals surface area contributed by atoms with E-state index in [1.165, 1.54) is 12.1 Å². The van der Waals surface area contributed by atoms with Crippen molar-refractivity contribution >= 4 is 33.4 Å². The molecule has 0 spiro atoms. The molecule has 9 heteroatoms. The molecule has 0 saturated heterocycles. The summed E-state index contributed by atoms with van der Waals surface area (Å²) in [6, 6.07) is 13.0. The van der Waals surface area contributed by atoms with Gasteiger partial charge in [-0.15, -0.1) is 0 Å². The Morgan fingerprint density at radius 2 is 1.57 bits per heavy atom. The molecule has 2 aromatic rings. The molecule has 0 bridgehead atoms. The highest BCUT2D eigenvalue weighted by molar-refractivity contribution is 7.89. The summed E-state index contributed by atoms with van der Waals surface area (Å²) in [5.41, 5.74) is 1.80. The largest absolute Gasteiger partial charge is 0.348 e. The van der Waals surface area contributed by atoms with Crippen molar-refractivity contribution in [3.8, 4) is 0 Å². The topological polar surface area (TPSA) is 104 Å². The standard InChI is InChI=1S/C19H22ClN3O4S/c1-13-3-9-17(10-4-13)28(26,27)22-12-18(24)21-11-19(25)23-14(2)15-5-7-16(20)8-6-15/h3-10,14,22H,11-12H2,1-2H3,(H,21,24)(H,23,25). The van der Waals surface area contributed by atoms with E-state index in [-0.39, 0.29) is 17.5 Å². The molecule has 0 saturated carbocycles. The molecule has 0 heterocycles. The Hall–Kier alpha value is -2.42. The Bertz CT molecular complexity index is 929. The molecule has 1 atom stereocenters. The van der Waals surface area contributed by atoms with E-state index in [1.807, 2.05) is 6.92 Å². The van der Waals surface area contributed by atoms with Gasteiger partial charge in [0.1, 0.15) is 0 Å². The first kappa shape index (κ1) is 21.9. The summed E-state index contributed by atoms with van der Waals surface area (Å²) in [5.74, 6) is -0.998. The van der Waals surface area contributed by atoms with Crippen molar-refractivity contribution in [2.45, 2.75) is 24.8 Å². The summed E-state index contributed by atoms with van der Waals surface area (Å²) in [6.45, 7) is 2.92. The van der Waals surface area contributed by atoms with Gasteiger partial charge in [-0.25, -0.2) is 13.1 Å². The highest BCUT2D eigenvalue weighted by Crippen LogP contribution is 2.15. The van der Waals surface area contributed by atoms with Crippen LogP contribution in [0.4, 0.5) is 0 Å². The van der Waals surface area contributed by atoms with Crippen molar-refractivity contribution < 1.29 is 18.0 Å². The molecule has 1 unspecified atom stereocenters. The minimum Gasteiger partial charge on any atom is -0.348 e. The molecule has 0 aliphatic carbocycles. The average molecular weight is 424 g/mol. The van der Waals surface area contributed by atoms with E-state index >= 15 is 0 Å². The zero-order valence-corrected chi connectivity index (χ0v) is 17.1. The van der Waals surface area contributed by atoms with Crippen LogP contribution in [0, 0.1) is 6.92 Å². The number of hydrogen-bond donors (Lipinski definition) is 3. The third-order valence-corrected chi connectivity index (χ3v) is 5.62. The molecule has 3 N–H and O–H groups in total. The lowest BCUT2D eigenvalue weighted by Crippen LogP contribution is -2.42. The van der Waals surface area contributed by atoms with Gasteiger partial charge in [-0.2, -0.15) is 0 Å². The second-order valence-corrected chi connectivity index (χ2v) is 8.46. The molecule has 0 aliphatic rings. The third kappa shape index (κ3) is 6.63. The quantitative estimate of drug-likeness (QED) is 0.603. The van der Waals surface area contributed by atoms with E-state index in [2.05, 4.69) is 15.4 Å². The maximum absolute atomic E-state index is 12.1. The molecule has 150 valence electrons. The predicted molar refractivity (Wildman–Crippen MR) is 107 cm³/mol. The number of hydrogen-bond acceptors (Lipinski definition) is 4. The number of carbonyl (C=O) groups excluding carboxylic acids is 2. The summed E-state index contributed by atoms with van der Waals surface area (Å²) >= 11 is 5.83. The first-order chi connectivity index (χ1) is 13.2. The van der Waals surface area contributed by atoms with E-state index < -0.39 is 28.4 Å². The van der Waals surface area contributed by atoms with Crippen LogP contribution in [0.15, 0.2) is 53.4 Å². The molecule has 7 nitrogen and oxygen atoms in total. The molecule has 0 fully saturated rings. The van der Waals surface area contributed by atoms with Gasteiger partial charge in [-0.3, -0.25) is 9.59 Å². The second kappa shape index (κ2) is 9.68. The highest BCUT2D eigenvalue weighted by Gasteiger charge is 2.16. The smallest absolute Gasteiger partial charge is 0.241 e. The maximum atomic E-state index is 12.1. The molecule has 0 aromatic heterocycles. The summed E-state index contributed by atoms with van der Waals surface area (Å²) in [4.78, 5) is 23.9. The fourth-order valence-electron chi connectivity index (χ4n) is 2.33. The fourth-order valence-corrected chi connectivity index (χ4v) is 3.44. The lowest BCUT2D eigenvalue weighted by atomic mass is 10.1. The molecule has 0 aliphatic heterocycles. The molecular formula is C19H22ClN3O4S. The van der Waals surface area contributed by atoms with Crippen LogP contribution in [0.5, 0.6) is 0 Å². The van der Waals surface area contributed by atoms with Gasteiger partial charge in [0, 0.05) is 5.02 Å². The van der Waals surface area contributed by atoms with Crippen LogP contribution in [0.3, 0.4) is 0 Å². The van der Waals surface area contributed by atoms with Gasteiger partial charge in [0.2, 0.25) is 21.8 Å². The van der Waals surface area contributed by atoms with Gasteiger partial charge in [-0.05, 0) is 43.7 Å². The number of aryl methyl sites for hydroxylation is 1. The normalized spacial score (nSPS) is 12.2. The monoisotopic (exact) mass is 423 g/mol. The van der Waals surface area contributed by atoms with Crippen molar-refractivity contribution in [1.82, 2.24) is 15.4 Å². The molecule has 2 aromatic carbocycles. The molecule has 2 amide bonds. The van der Waals surface area contributed by atoms with Crippen LogP contribution in [-0.2, 0) is 19.6 Å². The van der Waals surface area contributed by atoms with Gasteiger partial charge in [0.15, 0.2) is 0 Å². The Labute approximate surface area is 169 Å². The first-order valence-electron chi connectivity index (χ1n) is 8.55. The van der Waals surface area contributed by atoms with Gasteiger partial charge in [0.05, 0.1) is 24.0 Å². The van der Waals surface area contributed by atoms with Gasteiger partial charge in [0.25, 0.3) is 0 Å². The van der Waals surface area contributed by atoms with Crippen LogP contribution in [0.25, 0.3) is 0 Å². The van der Waals surface area contributed by atoms with Crippen LogP contribution >= 0.6 is 11.6 Å². The van der Waals surface area contributed by atoms with Crippen LogP contribution in [0.2, 0.25) is 5.02 Å². The first-order valence-corrected chi connectivity index (χ1v) is 10.4. The number of sulfonamides is 1. The van der Waals surface area contributed by atoms with Crippen molar-refractivity contribution in [3.63, 3.8) is 0 Å². The number of benzene rings is 2. The minimum atomic E-state index is -3.79. The van der Waals surface area contributed by atoms with Gasteiger partial charge in [-0.1, -0.05) is 41.4 Å². The lowest BCUT2D eigenvalue weighted by Gasteiger charge is -2.15. The van der Waals surface area contributed by atoms with Crippen molar-refractivity contribution in [2.24, 2.45) is 0 Å². The van der Waals surface area contributed by atoms with E-state index in [1.54, 1.807) is 43.3 Å². The maximum Gasteiger partial charge on any atom is 0.241 e. The van der Waals surface area contributed by atoms with Crippen LogP contribution < -0.4 is 15.4 Å². The number of amides is 2. The van der Waals surface area contributed by atoms with Gasteiger partial charge < -0.3 is 10.6 Å². The third-order valence-electron chi connectivity index (χ3n) is 3.95. The second-order valence-electron chi connectivity index (χ2n) is 6.26. The fraction of sp³-hybridized carbons (Fsp3) is 0.263. The molecule has 28 heavy (non-hydrogen) atoms. The van der Waals surface area contributed by atoms with Crippen molar-refractivity contribution in [1.29, 1.82) is 0 Å². The van der Waals surface area contributed by atoms with E-state index in [0.717, 1.165) is 11.1 Å². The highest BCUT2D eigenvalue weighted by atomic mass is 35.5. The summed E-state index contributed by atoms with van der Waals surface area (Å²) in [7, 11) is -3.79. The number of rotatable bonds is 8. The lowest BCUT2D eigenvalue weighted by molar-refractivity contribution is -0.125. The zero-order valence-electron chi connectivity index (χ0n) is 15.5. The van der Waals surface area contributed by atoms with E-state index in [9.17, 15) is 18.0 Å². The Morgan fingerprint density at radius 1 is 0.964 bits per heavy atom. The minimum absolute atomic E-state index is 0.0698. The Kier molecular flexibility index (Phi) is 7.56. The predicted octanol–water partition coefficient (Wildman–Crippen LogP) is 1.92. The van der Waals surface area contributed by atoms with Crippen molar-refractivity contribution in [2.75, 3.05) is 13.1 Å². The molecule has 2 rings (SSSR count). The molecule has 0 radical (unpaired) electrons. The van der Waals surface area contributed by atoms with Crippen molar-refractivity contribution in [3.05, 3.63) is 64.7 Å². The Balaban J connectivity index is 1.77. The molecular weight excluding hydrogens is 402 g/mol. The zero-order chi connectivity index (χ0) is 20.7. The average Bonchev–Trinajstić information content (AvgIpc) is 2.65. The number of halogens is 1. The number of carbonyl (C=O) groups is 2. The van der Waals surface area contributed by atoms with Crippen LogP contribution in [0.1, 0.15) is 24.1 Å². The summed E-state index contributed by atoms with van der Waals surface area (Å²) in [5, 5.41) is 5.72. The Morgan fingerprint density at radius 3 is 2.18 bits per heavy atom. The SMILES string of the molecule is Cc1ccc(S(=O)(=O)NCC(=O)NCC(=O)NC(C)c2ccc(Cl)cc2)cc1. The van der Waals surface area contributed by atoms with E-state index in [0.29, 0.717) is 5.02 Å². The van der Waals surface area contributed by atoms with E-state index in [4.69, 9.17) is 11.6 Å². The summed E-state index contributed by atoms with van der Waals surface area (Å²) in [6.07, 6.45) is 0. The number of nitrogens with one attached hydrogen (secondary N) is 3.